The Morgan fingerprint density at radius 3 is 2.21 bits per heavy atom. The van der Waals surface area contributed by atoms with Crippen LogP contribution in [0.2, 0.25) is 0 Å². The molecular weight excluding hydrogens is 432 g/mol. The van der Waals surface area contributed by atoms with E-state index in [1.54, 1.807) is 0 Å². The number of amides is 2. The number of fused-ring (bicyclic) bond motifs is 3. The fraction of sp³-hybridized carbons (Fsp3) is 0.444. The maximum atomic E-state index is 12.9. The molecule has 178 valence electrons. The Hall–Kier alpha value is -3.35. The quantitative estimate of drug-likeness (QED) is 0.618. The summed E-state index contributed by atoms with van der Waals surface area (Å²) in [5, 5.41) is 12.1. The molecule has 3 aliphatic rings. The number of alkyl carbamates (subject to hydrolysis) is 1. The highest BCUT2D eigenvalue weighted by Gasteiger charge is 2.36. The molecule has 7 heteroatoms. The van der Waals surface area contributed by atoms with E-state index in [9.17, 15) is 19.5 Å². The molecule has 0 saturated heterocycles. The Morgan fingerprint density at radius 1 is 0.941 bits per heavy atom. The van der Waals surface area contributed by atoms with Crippen molar-refractivity contribution in [1.29, 1.82) is 0 Å². The first-order chi connectivity index (χ1) is 16.5. The second kappa shape index (κ2) is 9.49. The molecule has 2 saturated carbocycles. The summed E-state index contributed by atoms with van der Waals surface area (Å²) < 4.78 is 5.64. The van der Waals surface area contributed by atoms with Gasteiger partial charge in [-0.15, -0.1) is 0 Å². The lowest BCUT2D eigenvalue weighted by molar-refractivity contribution is -0.146. The largest absolute Gasteiger partial charge is 0.480 e. The molecule has 0 bridgehead atoms. The minimum atomic E-state index is -0.986. The molecule has 7 nitrogen and oxygen atoms in total. The highest BCUT2D eigenvalue weighted by atomic mass is 16.5. The van der Waals surface area contributed by atoms with Crippen molar-refractivity contribution >= 4 is 18.0 Å². The smallest absolute Gasteiger partial charge is 0.407 e. The minimum absolute atomic E-state index is 0.00283. The first kappa shape index (κ1) is 22.4. The predicted molar refractivity (Wildman–Crippen MR) is 126 cm³/mol. The van der Waals surface area contributed by atoms with Gasteiger partial charge in [0.2, 0.25) is 5.91 Å². The normalized spacial score (nSPS) is 20.9. The first-order valence-corrected chi connectivity index (χ1v) is 12.1. The summed E-state index contributed by atoms with van der Waals surface area (Å²) in [5.41, 5.74) is 4.69. The van der Waals surface area contributed by atoms with Gasteiger partial charge >= 0.3 is 12.1 Å². The summed E-state index contributed by atoms with van der Waals surface area (Å²) in [5.74, 6) is -0.911. The zero-order chi connectivity index (χ0) is 23.7. The van der Waals surface area contributed by atoms with Gasteiger partial charge in [0, 0.05) is 24.4 Å². The lowest BCUT2D eigenvalue weighted by atomic mass is 9.98. The molecule has 3 aliphatic carbocycles. The standard InChI is InChI=1S/C27H30N2O5/c30-25(31)15-29(14-17-9-10-17)26(32)18-11-12-19(13-18)28-27(33)34-16-24-22-7-3-1-5-20(22)21-6-2-4-8-23(21)24/h1-8,17-19,24H,9-16H2,(H,28,33)(H,30,31). The summed E-state index contributed by atoms with van der Waals surface area (Å²) in [6.45, 7) is 0.519. The highest BCUT2D eigenvalue weighted by Crippen LogP contribution is 2.44. The Kier molecular flexibility index (Phi) is 6.26. The maximum Gasteiger partial charge on any atom is 0.407 e. The average molecular weight is 463 g/mol. The van der Waals surface area contributed by atoms with Crippen LogP contribution in [0.3, 0.4) is 0 Å². The lowest BCUT2D eigenvalue weighted by Gasteiger charge is -2.24. The summed E-state index contributed by atoms with van der Waals surface area (Å²) >= 11 is 0. The van der Waals surface area contributed by atoms with Crippen LogP contribution in [0.15, 0.2) is 48.5 Å². The third kappa shape index (κ3) is 4.79. The Morgan fingerprint density at radius 2 is 1.59 bits per heavy atom. The lowest BCUT2D eigenvalue weighted by Crippen LogP contribution is -2.41. The van der Waals surface area contributed by atoms with Gasteiger partial charge in [0.15, 0.2) is 0 Å². The summed E-state index contributed by atoms with van der Waals surface area (Å²) in [6.07, 6.45) is 3.49. The van der Waals surface area contributed by atoms with Crippen LogP contribution in [0.4, 0.5) is 4.79 Å². The molecule has 0 aliphatic heterocycles. The van der Waals surface area contributed by atoms with Crippen molar-refractivity contribution in [2.45, 2.75) is 44.1 Å². The number of ether oxygens (including phenoxy) is 1. The van der Waals surface area contributed by atoms with E-state index in [-0.39, 0.29) is 36.9 Å². The third-order valence-electron chi connectivity index (χ3n) is 7.26. The van der Waals surface area contributed by atoms with Crippen LogP contribution >= 0.6 is 0 Å². The van der Waals surface area contributed by atoms with Crippen molar-refractivity contribution in [3.8, 4) is 11.1 Å². The maximum absolute atomic E-state index is 12.9. The molecule has 0 spiro atoms. The first-order valence-electron chi connectivity index (χ1n) is 12.1. The van der Waals surface area contributed by atoms with E-state index in [1.807, 2.05) is 24.3 Å². The summed E-state index contributed by atoms with van der Waals surface area (Å²) in [6, 6.07) is 16.3. The van der Waals surface area contributed by atoms with Crippen LogP contribution in [0.1, 0.15) is 49.1 Å². The fourth-order valence-electron chi connectivity index (χ4n) is 5.41. The number of carboxylic acids is 1. The predicted octanol–water partition coefficient (Wildman–Crippen LogP) is 4.02. The van der Waals surface area contributed by atoms with E-state index in [1.165, 1.54) is 16.0 Å². The van der Waals surface area contributed by atoms with Crippen LogP contribution in [0, 0.1) is 11.8 Å². The molecule has 2 aromatic carbocycles. The van der Waals surface area contributed by atoms with E-state index in [0.717, 1.165) is 24.0 Å². The molecule has 2 atom stereocenters. The van der Waals surface area contributed by atoms with Gasteiger partial charge in [-0.1, -0.05) is 48.5 Å². The molecule has 5 rings (SSSR count). The van der Waals surface area contributed by atoms with E-state index in [2.05, 4.69) is 29.6 Å². The minimum Gasteiger partial charge on any atom is -0.480 e. The number of hydrogen-bond donors (Lipinski definition) is 2. The molecule has 2 unspecified atom stereocenters. The van der Waals surface area contributed by atoms with Gasteiger partial charge in [0.1, 0.15) is 13.2 Å². The van der Waals surface area contributed by atoms with Gasteiger partial charge in [0.25, 0.3) is 0 Å². The second-order valence-electron chi connectivity index (χ2n) is 9.73. The number of aliphatic carboxylic acids is 1. The number of benzene rings is 2. The van der Waals surface area contributed by atoms with Gasteiger partial charge in [-0.2, -0.15) is 0 Å². The summed E-state index contributed by atoms with van der Waals surface area (Å²) in [7, 11) is 0. The third-order valence-corrected chi connectivity index (χ3v) is 7.26. The summed E-state index contributed by atoms with van der Waals surface area (Å²) in [4.78, 5) is 38.2. The topological polar surface area (TPSA) is 95.9 Å². The zero-order valence-corrected chi connectivity index (χ0v) is 19.1. The molecule has 2 fully saturated rings. The number of carboxylic acid groups (broad SMARTS) is 1. The molecule has 0 radical (unpaired) electrons. The number of rotatable bonds is 8. The monoisotopic (exact) mass is 462 g/mol. The van der Waals surface area contributed by atoms with Crippen LogP contribution < -0.4 is 5.32 Å². The molecule has 0 heterocycles. The van der Waals surface area contributed by atoms with E-state index < -0.39 is 12.1 Å². The van der Waals surface area contributed by atoms with Crippen LogP contribution in [-0.2, 0) is 14.3 Å². The highest BCUT2D eigenvalue weighted by molar-refractivity contribution is 5.83. The zero-order valence-electron chi connectivity index (χ0n) is 19.1. The van der Waals surface area contributed by atoms with Gasteiger partial charge in [-0.25, -0.2) is 4.79 Å². The van der Waals surface area contributed by atoms with E-state index >= 15 is 0 Å². The van der Waals surface area contributed by atoms with Crippen LogP contribution in [0.25, 0.3) is 11.1 Å². The SMILES string of the molecule is O=C(O)CN(CC1CC1)C(=O)C1CCC(NC(=O)OCC2c3ccccc3-c3ccccc32)C1. The Labute approximate surface area is 199 Å². The van der Waals surface area contributed by atoms with E-state index in [0.29, 0.717) is 31.7 Å². The van der Waals surface area contributed by atoms with Gasteiger partial charge in [-0.05, 0) is 60.3 Å². The number of nitrogens with zero attached hydrogens (tertiary/aromatic N) is 1. The molecule has 34 heavy (non-hydrogen) atoms. The van der Waals surface area contributed by atoms with Crippen molar-refractivity contribution < 1.29 is 24.2 Å². The number of hydrogen-bond acceptors (Lipinski definition) is 4. The van der Waals surface area contributed by atoms with Crippen molar-refractivity contribution in [2.75, 3.05) is 19.7 Å². The van der Waals surface area contributed by atoms with Crippen molar-refractivity contribution in [1.82, 2.24) is 10.2 Å². The van der Waals surface area contributed by atoms with Crippen molar-refractivity contribution in [2.24, 2.45) is 11.8 Å². The van der Waals surface area contributed by atoms with Crippen molar-refractivity contribution in [3.63, 3.8) is 0 Å². The van der Waals surface area contributed by atoms with E-state index in [4.69, 9.17) is 4.74 Å². The van der Waals surface area contributed by atoms with Crippen LogP contribution in [0.5, 0.6) is 0 Å². The van der Waals surface area contributed by atoms with Gasteiger partial charge < -0.3 is 20.1 Å². The second-order valence-corrected chi connectivity index (χ2v) is 9.73. The molecule has 2 N–H and O–H groups in total. The molecule has 2 aromatic rings. The Balaban J connectivity index is 1.15. The molecular formula is C27H30N2O5. The van der Waals surface area contributed by atoms with Crippen LogP contribution in [-0.4, -0.2) is 53.7 Å². The number of nitrogens with one attached hydrogen (secondary N) is 1. The van der Waals surface area contributed by atoms with Crippen molar-refractivity contribution in [3.05, 3.63) is 59.7 Å². The fourth-order valence-corrected chi connectivity index (χ4v) is 5.41. The number of carbonyl (C=O) groups excluding carboxylic acids is 2. The van der Waals surface area contributed by atoms with Gasteiger partial charge in [-0.3, -0.25) is 9.59 Å². The average Bonchev–Trinajstić information content (AvgIpc) is 3.43. The van der Waals surface area contributed by atoms with Gasteiger partial charge in [0.05, 0.1) is 0 Å². The number of carbonyl (C=O) groups is 3. The molecule has 0 aromatic heterocycles. The Bertz CT molecular complexity index is 1050. The molecule has 2 amide bonds.